The Hall–Kier alpha value is -3.40. The largest absolute Gasteiger partial charge is 0.493 e. The molecule has 6 nitrogen and oxygen atoms in total. The Balaban J connectivity index is 1.79. The van der Waals surface area contributed by atoms with Crippen LogP contribution in [0.3, 0.4) is 0 Å². The van der Waals surface area contributed by atoms with Gasteiger partial charge in [-0.3, -0.25) is 4.79 Å². The molecule has 0 saturated carbocycles. The van der Waals surface area contributed by atoms with Gasteiger partial charge in [-0.25, -0.2) is 4.57 Å². The number of thiazole rings is 1. The molecular weight excluding hydrogens is 395 g/mol. The van der Waals surface area contributed by atoms with Crippen LogP contribution in [0.1, 0.15) is 10.4 Å². The van der Waals surface area contributed by atoms with Gasteiger partial charge >= 0.3 is 11.0 Å². The first-order valence-corrected chi connectivity index (χ1v) is 8.66. The number of nitrogens with zero attached hydrogens (tertiary/aromatic N) is 3. The SMILES string of the molecule is O=c1sc(/C=c2/cc/c(=C3\C=CN=N3)o2)c(O)n1-c1cccc(C(F)(F)F)c1. The summed E-state index contributed by atoms with van der Waals surface area (Å²) in [5.74, 6) is -0.472. The first kappa shape index (κ1) is 18.0. The lowest BCUT2D eigenvalue weighted by molar-refractivity contribution is -0.137. The van der Waals surface area contributed by atoms with Crippen LogP contribution >= 0.6 is 11.3 Å². The molecule has 0 saturated heterocycles. The molecule has 1 aliphatic heterocycles. The average molecular weight is 405 g/mol. The first-order chi connectivity index (χ1) is 13.3. The molecule has 0 fully saturated rings. The van der Waals surface area contributed by atoms with E-state index < -0.39 is 22.5 Å². The molecule has 1 aromatic carbocycles. The van der Waals surface area contributed by atoms with Crippen LogP contribution in [0.15, 0.2) is 68.1 Å². The summed E-state index contributed by atoms with van der Waals surface area (Å²) in [5.41, 5.74) is 0.317. The van der Waals surface area contributed by atoms with Crippen LogP contribution < -0.4 is 15.7 Å². The number of furan rings is 1. The van der Waals surface area contributed by atoms with E-state index in [-0.39, 0.29) is 10.6 Å². The molecule has 0 amide bonds. The third-order valence-corrected chi connectivity index (χ3v) is 4.74. The molecule has 0 atom stereocenters. The molecular formula is C18H10F3N3O3S. The van der Waals surface area contributed by atoms with Gasteiger partial charge in [0.2, 0.25) is 5.88 Å². The summed E-state index contributed by atoms with van der Waals surface area (Å²) in [6, 6.07) is 7.44. The summed E-state index contributed by atoms with van der Waals surface area (Å²) < 4.78 is 45.2. The maximum absolute atomic E-state index is 12.9. The van der Waals surface area contributed by atoms with Crippen molar-refractivity contribution in [3.05, 3.63) is 79.6 Å². The lowest BCUT2D eigenvalue weighted by atomic mass is 10.2. The fraction of sp³-hybridized carbons (Fsp3) is 0.0556. The fourth-order valence-electron chi connectivity index (χ4n) is 2.59. The Morgan fingerprint density at radius 3 is 2.75 bits per heavy atom. The van der Waals surface area contributed by atoms with Gasteiger partial charge in [-0.15, -0.1) is 5.11 Å². The van der Waals surface area contributed by atoms with Gasteiger partial charge < -0.3 is 9.52 Å². The number of hydrogen-bond donors (Lipinski definition) is 1. The molecule has 10 heteroatoms. The Bertz CT molecular complexity index is 1280. The van der Waals surface area contributed by atoms with Crippen LogP contribution in [-0.4, -0.2) is 9.67 Å². The Morgan fingerprint density at radius 2 is 2.04 bits per heavy atom. The van der Waals surface area contributed by atoms with Crippen molar-refractivity contribution in [3.63, 3.8) is 0 Å². The standard InChI is InChI=1S/C18H10F3N3O3S/c19-18(20,21)10-2-1-3-11(8-10)24-16(25)15(28-17(24)26)9-12-4-5-14(27-12)13-6-7-22-23-13/h1-9,25H/b12-9-,14-13-. The third kappa shape index (κ3) is 3.29. The first-order valence-electron chi connectivity index (χ1n) is 7.85. The zero-order valence-electron chi connectivity index (χ0n) is 13.8. The molecule has 28 heavy (non-hydrogen) atoms. The average Bonchev–Trinajstić information content (AvgIpc) is 3.36. The third-order valence-electron chi connectivity index (χ3n) is 3.86. The number of aromatic nitrogens is 1. The van der Waals surface area contributed by atoms with E-state index >= 15 is 0 Å². The predicted octanol–water partition coefficient (Wildman–Crippen LogP) is 3.13. The van der Waals surface area contributed by atoms with Crippen molar-refractivity contribution in [1.82, 2.24) is 4.57 Å². The van der Waals surface area contributed by atoms with E-state index in [1.807, 2.05) is 0 Å². The summed E-state index contributed by atoms with van der Waals surface area (Å²) in [4.78, 5) is 11.8. The number of rotatable bonds is 2. The number of benzene rings is 1. The van der Waals surface area contributed by atoms with Crippen LogP contribution in [0.4, 0.5) is 13.2 Å². The summed E-state index contributed by atoms with van der Waals surface area (Å²) in [6.07, 6.45) is 0.0243. The number of halogens is 3. The summed E-state index contributed by atoms with van der Waals surface area (Å²) in [7, 11) is 0. The van der Waals surface area contributed by atoms with Gasteiger partial charge in [0.15, 0.2) is 5.42 Å². The maximum Gasteiger partial charge on any atom is 0.416 e. The number of hydrogen-bond acceptors (Lipinski definition) is 6. The van der Waals surface area contributed by atoms with Crippen molar-refractivity contribution in [2.24, 2.45) is 10.2 Å². The van der Waals surface area contributed by atoms with Gasteiger partial charge in [-0.05, 0) is 36.4 Å². The van der Waals surface area contributed by atoms with E-state index in [0.29, 0.717) is 27.9 Å². The predicted molar refractivity (Wildman–Crippen MR) is 95.5 cm³/mol. The Morgan fingerprint density at radius 1 is 1.21 bits per heavy atom. The molecule has 3 aromatic rings. The van der Waals surface area contributed by atoms with E-state index in [1.165, 1.54) is 24.4 Å². The molecule has 0 bridgehead atoms. The van der Waals surface area contributed by atoms with Gasteiger partial charge in [-0.1, -0.05) is 17.4 Å². The molecule has 0 spiro atoms. The van der Waals surface area contributed by atoms with E-state index in [2.05, 4.69) is 10.2 Å². The number of aromatic hydroxyl groups is 1. The van der Waals surface area contributed by atoms with E-state index in [1.54, 1.807) is 18.2 Å². The van der Waals surface area contributed by atoms with Gasteiger partial charge in [0.1, 0.15) is 11.1 Å². The minimum absolute atomic E-state index is 0.0829. The number of alkyl halides is 3. The zero-order valence-corrected chi connectivity index (χ0v) is 14.7. The Kier molecular flexibility index (Phi) is 4.27. The summed E-state index contributed by atoms with van der Waals surface area (Å²) >= 11 is 0.683. The van der Waals surface area contributed by atoms with Crippen molar-refractivity contribution in [1.29, 1.82) is 0 Å². The quantitative estimate of drug-likeness (QED) is 0.711. The van der Waals surface area contributed by atoms with Gasteiger partial charge in [0.25, 0.3) is 0 Å². The van der Waals surface area contributed by atoms with Gasteiger partial charge in [-0.2, -0.15) is 18.3 Å². The highest BCUT2D eigenvalue weighted by atomic mass is 32.1. The Labute approximate surface area is 158 Å². The molecule has 3 heterocycles. The highest BCUT2D eigenvalue weighted by Gasteiger charge is 2.31. The van der Waals surface area contributed by atoms with E-state index in [0.717, 1.165) is 16.7 Å². The highest BCUT2D eigenvalue weighted by molar-refractivity contribution is 7.10. The fourth-order valence-corrected chi connectivity index (χ4v) is 3.42. The van der Waals surface area contributed by atoms with Crippen molar-refractivity contribution >= 4 is 23.1 Å². The minimum Gasteiger partial charge on any atom is -0.493 e. The monoisotopic (exact) mass is 405 g/mol. The second kappa shape index (κ2) is 6.64. The lowest BCUT2D eigenvalue weighted by Crippen LogP contribution is -2.12. The molecule has 1 N–H and O–H groups in total. The summed E-state index contributed by atoms with van der Waals surface area (Å²) in [6.45, 7) is 0. The molecule has 0 unspecified atom stereocenters. The van der Waals surface area contributed by atoms with Gasteiger partial charge in [0, 0.05) is 6.08 Å². The van der Waals surface area contributed by atoms with Crippen molar-refractivity contribution in [2.45, 2.75) is 6.18 Å². The van der Waals surface area contributed by atoms with Crippen LogP contribution in [-0.2, 0) is 6.18 Å². The highest BCUT2D eigenvalue weighted by Crippen LogP contribution is 2.31. The summed E-state index contributed by atoms with van der Waals surface area (Å²) in [5, 5.41) is 18.0. The van der Waals surface area contributed by atoms with Crippen LogP contribution in [0.2, 0.25) is 0 Å². The second-order valence-corrected chi connectivity index (χ2v) is 6.70. The second-order valence-electron chi connectivity index (χ2n) is 5.70. The lowest BCUT2D eigenvalue weighted by Gasteiger charge is -2.09. The van der Waals surface area contributed by atoms with Crippen LogP contribution in [0.25, 0.3) is 17.5 Å². The topological polar surface area (TPSA) is 80.1 Å². The van der Waals surface area contributed by atoms with Crippen LogP contribution in [0, 0.1) is 0 Å². The number of azo groups is 1. The molecule has 0 radical (unpaired) electrons. The van der Waals surface area contributed by atoms with E-state index in [4.69, 9.17) is 4.42 Å². The normalized spacial score (nSPS) is 16.3. The molecule has 142 valence electrons. The maximum atomic E-state index is 12.9. The van der Waals surface area contributed by atoms with Crippen molar-refractivity contribution in [3.8, 4) is 11.6 Å². The van der Waals surface area contributed by atoms with Crippen molar-refractivity contribution in [2.75, 3.05) is 0 Å². The minimum atomic E-state index is -4.56. The van der Waals surface area contributed by atoms with Gasteiger partial charge in [0.05, 0.1) is 22.3 Å². The molecule has 1 aliphatic rings. The molecule has 2 aromatic heterocycles. The smallest absolute Gasteiger partial charge is 0.416 e. The van der Waals surface area contributed by atoms with E-state index in [9.17, 15) is 23.1 Å². The zero-order chi connectivity index (χ0) is 19.9. The van der Waals surface area contributed by atoms with Crippen LogP contribution in [0.5, 0.6) is 5.88 Å². The molecule has 0 aliphatic carbocycles. The van der Waals surface area contributed by atoms with Crippen molar-refractivity contribution < 1.29 is 22.7 Å². The molecule has 4 rings (SSSR count).